The van der Waals surface area contributed by atoms with Gasteiger partial charge in [-0.1, -0.05) is 0 Å². The van der Waals surface area contributed by atoms with Crippen molar-refractivity contribution in [3.8, 4) is 0 Å². The van der Waals surface area contributed by atoms with E-state index in [4.69, 9.17) is 10.8 Å². The maximum absolute atomic E-state index is 12.3. The first-order valence-corrected chi connectivity index (χ1v) is 9.16. The van der Waals surface area contributed by atoms with Gasteiger partial charge in [-0.25, -0.2) is 0 Å². The van der Waals surface area contributed by atoms with Crippen LogP contribution in [0.1, 0.15) is 20.7 Å². The molecule has 0 fully saturated rings. The van der Waals surface area contributed by atoms with Gasteiger partial charge in [0, 0.05) is 17.3 Å². The van der Waals surface area contributed by atoms with Crippen LogP contribution in [0.15, 0.2) is 6.07 Å². The number of benzene rings is 1. The molecule has 0 radical (unpaired) electrons. The molecule has 1 aromatic carbocycles. The van der Waals surface area contributed by atoms with E-state index in [0.29, 0.717) is 10.7 Å². The minimum atomic E-state index is -1.34. The molecule has 2 atom stereocenters. The van der Waals surface area contributed by atoms with Gasteiger partial charge in [0.05, 0.1) is 23.8 Å². The van der Waals surface area contributed by atoms with Crippen molar-refractivity contribution in [1.82, 2.24) is 5.32 Å². The number of aliphatic hydroxyl groups is 3. The zero-order chi connectivity index (χ0) is 17.0. The fraction of sp³-hybridized carbons (Fsp3) is 0.333. The summed E-state index contributed by atoms with van der Waals surface area (Å²) in [4.78, 5) is 23.8. The van der Waals surface area contributed by atoms with Crippen LogP contribution in [0.4, 0.5) is 0 Å². The minimum absolute atomic E-state index is 0.232. The van der Waals surface area contributed by atoms with E-state index < -0.39 is 30.6 Å². The monoisotopic (exact) mass is 646 g/mol. The predicted octanol–water partition coefficient (Wildman–Crippen LogP) is 0.0432. The molecule has 122 valence electrons. The number of amides is 2. The third-order valence-electron chi connectivity index (χ3n) is 2.75. The quantitative estimate of drug-likeness (QED) is 0.279. The van der Waals surface area contributed by atoms with Gasteiger partial charge in [-0.05, 0) is 73.8 Å². The maximum Gasteiger partial charge on any atom is 0.253 e. The number of hydrogen-bond acceptors (Lipinski definition) is 5. The molecule has 2 unspecified atom stereocenters. The number of carbonyl (C=O) groups is 2. The molecular formula is C12H13I3N2O5. The molecule has 10 heteroatoms. The van der Waals surface area contributed by atoms with E-state index in [1.807, 2.05) is 67.8 Å². The SMILES string of the molecule is NC(=O)c1c(I)cc(I)c(C(=O)NCC(O)C(O)CO)c1I. The number of hydrogen-bond donors (Lipinski definition) is 5. The molecule has 22 heavy (non-hydrogen) atoms. The normalized spacial score (nSPS) is 13.5. The summed E-state index contributed by atoms with van der Waals surface area (Å²) in [6, 6.07) is 1.66. The molecule has 0 aromatic heterocycles. The summed E-state index contributed by atoms with van der Waals surface area (Å²) in [5.41, 5.74) is 5.88. The summed E-state index contributed by atoms with van der Waals surface area (Å²) in [5.74, 6) is -1.13. The Morgan fingerprint density at radius 3 is 2.18 bits per heavy atom. The van der Waals surface area contributed by atoms with Crippen LogP contribution in [0.2, 0.25) is 0 Å². The van der Waals surface area contributed by atoms with Gasteiger partial charge in [0.25, 0.3) is 11.8 Å². The van der Waals surface area contributed by atoms with E-state index in [0.717, 1.165) is 0 Å². The average Bonchev–Trinajstić information content (AvgIpc) is 2.42. The van der Waals surface area contributed by atoms with Crippen molar-refractivity contribution >= 4 is 79.6 Å². The number of primary amides is 1. The Bertz CT molecular complexity index is 597. The third-order valence-corrected chi connectivity index (χ3v) is 5.53. The van der Waals surface area contributed by atoms with Gasteiger partial charge in [-0.15, -0.1) is 0 Å². The summed E-state index contributed by atoms with van der Waals surface area (Å²) in [6.45, 7) is -0.841. The van der Waals surface area contributed by atoms with E-state index in [-0.39, 0.29) is 17.7 Å². The molecule has 0 aliphatic heterocycles. The fourth-order valence-corrected chi connectivity index (χ4v) is 5.96. The van der Waals surface area contributed by atoms with E-state index in [1.54, 1.807) is 6.07 Å². The molecule has 0 bridgehead atoms. The van der Waals surface area contributed by atoms with E-state index in [9.17, 15) is 19.8 Å². The molecule has 0 aliphatic rings. The summed E-state index contributed by atoms with van der Waals surface area (Å²) in [6.07, 6.45) is -2.62. The molecule has 0 spiro atoms. The van der Waals surface area contributed by atoms with Crippen molar-refractivity contribution in [1.29, 1.82) is 0 Å². The van der Waals surface area contributed by atoms with Crippen LogP contribution >= 0.6 is 67.8 Å². The smallest absolute Gasteiger partial charge is 0.253 e. The second-order valence-electron chi connectivity index (χ2n) is 4.30. The van der Waals surface area contributed by atoms with Crippen LogP contribution in [0, 0.1) is 10.7 Å². The summed E-state index contributed by atoms with van der Waals surface area (Å²) < 4.78 is 1.70. The number of aliphatic hydroxyl groups excluding tert-OH is 3. The van der Waals surface area contributed by atoms with Gasteiger partial charge >= 0.3 is 0 Å². The highest BCUT2D eigenvalue weighted by atomic mass is 127. The first-order valence-electron chi connectivity index (χ1n) is 5.93. The number of halogens is 3. The van der Waals surface area contributed by atoms with Crippen LogP contribution in [0.3, 0.4) is 0 Å². The third kappa shape index (κ3) is 4.86. The van der Waals surface area contributed by atoms with Crippen LogP contribution < -0.4 is 11.1 Å². The Hall–Kier alpha value is 0.230. The first kappa shape index (κ1) is 20.3. The zero-order valence-corrected chi connectivity index (χ0v) is 17.5. The predicted molar refractivity (Wildman–Crippen MR) is 105 cm³/mol. The van der Waals surface area contributed by atoms with Crippen molar-refractivity contribution in [3.63, 3.8) is 0 Å². The van der Waals surface area contributed by atoms with Crippen molar-refractivity contribution < 1.29 is 24.9 Å². The van der Waals surface area contributed by atoms with E-state index in [1.165, 1.54) is 0 Å². The second kappa shape index (κ2) is 8.91. The average molecular weight is 646 g/mol. The molecule has 1 aromatic rings. The van der Waals surface area contributed by atoms with Gasteiger partial charge < -0.3 is 26.4 Å². The lowest BCUT2D eigenvalue weighted by Crippen LogP contribution is -2.41. The van der Waals surface area contributed by atoms with Crippen molar-refractivity contribution in [2.75, 3.05) is 13.2 Å². The standard InChI is InChI=1S/C12H13I3N2O5/c13-4-1-5(14)9(10(15)8(4)11(16)21)12(22)17-2-6(19)7(20)3-18/h1,6-7,18-20H,2-3H2,(H2,16,21)(H,17,22). The molecule has 6 N–H and O–H groups in total. The minimum Gasteiger partial charge on any atom is -0.394 e. The number of carbonyl (C=O) groups excluding carboxylic acids is 2. The molecule has 7 nitrogen and oxygen atoms in total. The van der Waals surface area contributed by atoms with Gasteiger partial charge in [0.2, 0.25) is 0 Å². The lowest BCUT2D eigenvalue weighted by atomic mass is 10.1. The molecule has 0 aliphatic carbocycles. The van der Waals surface area contributed by atoms with Gasteiger partial charge in [-0.3, -0.25) is 9.59 Å². The lowest BCUT2D eigenvalue weighted by Gasteiger charge is -2.17. The number of nitrogens with two attached hydrogens (primary N) is 1. The van der Waals surface area contributed by atoms with Crippen molar-refractivity contribution in [3.05, 3.63) is 27.9 Å². The molecule has 0 saturated carbocycles. The van der Waals surface area contributed by atoms with E-state index >= 15 is 0 Å². The Balaban J connectivity index is 3.04. The maximum atomic E-state index is 12.3. The lowest BCUT2D eigenvalue weighted by molar-refractivity contribution is -0.0123. The highest BCUT2D eigenvalue weighted by molar-refractivity contribution is 14.1. The molecule has 0 heterocycles. The van der Waals surface area contributed by atoms with Crippen LogP contribution in [0.5, 0.6) is 0 Å². The Morgan fingerprint density at radius 1 is 1.14 bits per heavy atom. The van der Waals surface area contributed by atoms with Gasteiger partial charge in [0.15, 0.2) is 0 Å². The van der Waals surface area contributed by atoms with Gasteiger partial charge in [0.1, 0.15) is 6.10 Å². The Labute approximate surface area is 167 Å². The first-order chi connectivity index (χ1) is 10.2. The van der Waals surface area contributed by atoms with Gasteiger partial charge in [-0.2, -0.15) is 0 Å². The van der Waals surface area contributed by atoms with Crippen molar-refractivity contribution in [2.24, 2.45) is 5.73 Å². The molecule has 0 saturated heterocycles. The molecular weight excluding hydrogens is 633 g/mol. The fourth-order valence-electron chi connectivity index (χ4n) is 1.57. The zero-order valence-electron chi connectivity index (χ0n) is 11.0. The highest BCUT2D eigenvalue weighted by Gasteiger charge is 2.23. The summed E-state index contributed by atoms with van der Waals surface area (Å²) >= 11 is 5.82. The number of nitrogens with one attached hydrogen (secondary N) is 1. The van der Waals surface area contributed by atoms with Crippen LogP contribution in [0.25, 0.3) is 0 Å². The summed E-state index contributed by atoms with van der Waals surface area (Å²) in [5, 5.41) is 30.0. The molecule has 2 amide bonds. The highest BCUT2D eigenvalue weighted by Crippen LogP contribution is 2.27. The van der Waals surface area contributed by atoms with Crippen LogP contribution in [-0.4, -0.2) is 52.5 Å². The Kier molecular flexibility index (Phi) is 8.21. The van der Waals surface area contributed by atoms with Crippen LogP contribution in [-0.2, 0) is 0 Å². The van der Waals surface area contributed by atoms with E-state index in [2.05, 4.69) is 5.32 Å². The van der Waals surface area contributed by atoms with Crippen molar-refractivity contribution in [2.45, 2.75) is 12.2 Å². The topological polar surface area (TPSA) is 133 Å². The summed E-state index contributed by atoms with van der Waals surface area (Å²) in [7, 11) is 0. The largest absolute Gasteiger partial charge is 0.394 e. The number of rotatable bonds is 6. The Morgan fingerprint density at radius 2 is 1.68 bits per heavy atom. The molecule has 1 rings (SSSR count). The second-order valence-corrected chi connectivity index (χ2v) is 7.70.